The van der Waals surface area contributed by atoms with Gasteiger partial charge in [-0.3, -0.25) is 48.1 Å². The van der Waals surface area contributed by atoms with E-state index in [1.807, 2.05) is 24.8 Å². The molecule has 10 rings (SSSR count). The molecule has 8 atom stereocenters. The summed E-state index contributed by atoms with van der Waals surface area (Å²) in [5.74, 6) is -7.97. The van der Waals surface area contributed by atoms with Gasteiger partial charge < -0.3 is 80.8 Å². The number of carbonyl (C=O) groups is 10. The number of ether oxygens (including phenoxy) is 5. The van der Waals surface area contributed by atoms with Crippen LogP contribution < -0.4 is 52.7 Å². The SMILES string of the molecule is CO[C@H]1/C=C/O[C@@]2(C)Oc3c(C)c(O)c4c(=O)c(c5oc6cc(N7CCC(NC(=O)OCc8ccc(NC(=O)[C@H](CCCNC(N)=O)NC(=O)C9(C(=O)NCCCCCN%10C(=O)C=CC%10=O)CCC9)cc8)CC7)cc(O)c6nc-5c4c3C2=O)NC(=O)/C(C)=C\C=C\[C@H](C)C[C@@H](C)C[C@@H](C)[C@H](OC(C)=O)[C@@H]1C. The third-order valence-electron chi connectivity index (χ3n) is 20.6. The molecule has 29 nitrogen and oxygen atoms in total. The number of phenols is 2. The number of fused-ring (bicyclic) bond motifs is 2. The standard InChI is InChI=1S/C77H94N10O19/c1-41-16-13-17-43(3)70(95)85-63-65(93)59-58(60-67(46(6)64(59)92)106-76(8,69(60)94)103-35-27-54(101-9)45(5)66(104-47(7)88)44(4)37-42(2)36-41)62-68(63)105-55-39-51(38-53(89)61(55)84-62)86-33-25-50(26-34-86)82-75(100)102-40-48-19-21-49(22-20-48)81-71(96)52(18-14-31-80-74(78)99)83-73(98)77(28-15-29-77)72(97)79-30-11-10-12-32-87-56(90)23-24-57(87)91/h13,16-17,19-24,27,35,38-39,41-42,44-45,50,52,54,66,89,92H,10-12,14-15,18,25-26,28-34,36-37,40H2,1-9H3,(H,79,97)(H,81,96)(H,82,100)(H,83,98)(H,85,95)(H3,78,80,99)/b16-13+,35-27+,43-17-/t41-,42+,44+,45+,52-,54-,66-,76-/m0/s1. The van der Waals surface area contributed by atoms with Crippen LogP contribution in [0.15, 0.2) is 93.9 Å². The Balaban J connectivity index is 0.808. The average Bonchev–Trinajstić information content (AvgIpc) is 1.42. The van der Waals surface area contributed by atoms with Gasteiger partial charge in [-0.2, -0.15) is 0 Å². The van der Waals surface area contributed by atoms with Crippen molar-refractivity contribution in [3.05, 3.63) is 112 Å². The minimum absolute atomic E-state index is 0.00879. The summed E-state index contributed by atoms with van der Waals surface area (Å²) in [5, 5.41) is 39.9. The van der Waals surface area contributed by atoms with Crippen LogP contribution in [0.2, 0.25) is 0 Å². The second-order valence-electron chi connectivity index (χ2n) is 28.6. The van der Waals surface area contributed by atoms with Crippen LogP contribution in [-0.2, 0) is 59.1 Å². The Morgan fingerprint density at radius 1 is 0.868 bits per heavy atom. The molecule has 4 bridgehead atoms. The van der Waals surface area contributed by atoms with Crippen molar-refractivity contribution in [2.24, 2.45) is 34.8 Å². The number of alkyl carbamates (subject to hydrolysis) is 1. The van der Waals surface area contributed by atoms with Crippen LogP contribution >= 0.6 is 0 Å². The maximum atomic E-state index is 15.1. The first-order chi connectivity index (χ1) is 50.5. The molecule has 29 heteroatoms. The zero-order valence-electron chi connectivity index (χ0n) is 61.1. The number of unbranched alkanes of at least 4 members (excludes halogenated alkanes) is 2. The molecule has 5 aliphatic heterocycles. The number of esters is 1. The highest BCUT2D eigenvalue weighted by Crippen LogP contribution is 2.51. The molecule has 2 aliphatic carbocycles. The lowest BCUT2D eigenvalue weighted by Crippen LogP contribution is -2.58. The number of hydrogen-bond donors (Lipinski definition) is 9. The van der Waals surface area contributed by atoms with E-state index in [-0.39, 0.29) is 149 Å². The number of Topliss-reactive ketones (excluding diaryl/α,β-unsaturated/α-hetero) is 1. The molecule has 0 aromatic heterocycles. The van der Waals surface area contributed by atoms with E-state index in [1.165, 1.54) is 52.4 Å². The van der Waals surface area contributed by atoms with Crippen LogP contribution in [-0.4, -0.2) is 149 Å². The van der Waals surface area contributed by atoms with E-state index in [0.717, 1.165) is 11.3 Å². The van der Waals surface area contributed by atoms with Crippen LogP contribution in [0.4, 0.5) is 26.7 Å². The molecular weight excluding hydrogens is 1370 g/mol. The van der Waals surface area contributed by atoms with Gasteiger partial charge in [-0.15, -0.1) is 0 Å². The number of rotatable bonds is 21. The van der Waals surface area contributed by atoms with Gasteiger partial charge in [0.25, 0.3) is 23.5 Å². The van der Waals surface area contributed by atoms with Crippen LogP contribution in [0.1, 0.15) is 147 Å². The predicted molar refractivity (Wildman–Crippen MR) is 391 cm³/mol. The molecule has 5 heterocycles. The van der Waals surface area contributed by atoms with Gasteiger partial charge in [-0.25, -0.2) is 14.6 Å². The Kier molecular flexibility index (Phi) is 24.6. The minimum atomic E-state index is -2.09. The van der Waals surface area contributed by atoms with Gasteiger partial charge in [-0.05, 0) is 126 Å². The number of nitrogens with zero attached hydrogens (tertiary/aromatic N) is 3. The van der Waals surface area contributed by atoms with Crippen molar-refractivity contribution in [1.82, 2.24) is 31.2 Å². The summed E-state index contributed by atoms with van der Waals surface area (Å²) in [4.78, 5) is 155. The van der Waals surface area contributed by atoms with Gasteiger partial charge in [0.05, 0.1) is 23.3 Å². The molecule has 0 unspecified atom stereocenters. The normalized spacial score (nSPS) is 23.4. The largest absolute Gasteiger partial charge is 0.507 e. The van der Waals surface area contributed by atoms with Crippen LogP contribution in [0.5, 0.6) is 17.2 Å². The number of amides is 9. The maximum absolute atomic E-state index is 15.1. The first kappa shape index (κ1) is 77.8. The summed E-state index contributed by atoms with van der Waals surface area (Å²) in [7, 11) is 1.50. The summed E-state index contributed by atoms with van der Waals surface area (Å²) in [5.41, 5.74) is 3.71. The molecule has 106 heavy (non-hydrogen) atoms. The molecule has 566 valence electrons. The molecule has 0 radical (unpaired) electrons. The van der Waals surface area contributed by atoms with E-state index >= 15 is 9.59 Å². The van der Waals surface area contributed by atoms with Crippen LogP contribution in [0, 0.1) is 36.0 Å². The Bertz CT molecular complexity index is 4380. The number of nitrogens with two attached hydrogens (primary N) is 1. The van der Waals surface area contributed by atoms with Gasteiger partial charge >= 0.3 is 23.9 Å². The Morgan fingerprint density at radius 2 is 1.58 bits per heavy atom. The number of ketones is 1. The lowest BCUT2D eigenvalue weighted by molar-refractivity contribution is -0.155. The lowest BCUT2D eigenvalue weighted by Gasteiger charge is -2.39. The Hall–Kier alpha value is -10.8. The zero-order chi connectivity index (χ0) is 76.5. The van der Waals surface area contributed by atoms with Crippen molar-refractivity contribution in [2.75, 3.05) is 55.4 Å². The number of urea groups is 1. The van der Waals surface area contributed by atoms with Crippen molar-refractivity contribution >= 4 is 98.3 Å². The molecule has 7 aliphatic rings. The number of methoxy groups -OCH3 is 1. The number of aromatic nitrogens is 1. The molecule has 0 spiro atoms. The number of nitrogens with one attached hydrogen (secondary N) is 6. The molecule has 2 fully saturated rings. The van der Waals surface area contributed by atoms with E-state index in [1.54, 1.807) is 55.5 Å². The highest BCUT2D eigenvalue weighted by atomic mass is 16.7. The number of imide groups is 1. The zero-order valence-corrected chi connectivity index (χ0v) is 61.1. The van der Waals surface area contributed by atoms with Crippen molar-refractivity contribution in [1.29, 1.82) is 0 Å². The topological polar surface area (TPSA) is 405 Å². The summed E-state index contributed by atoms with van der Waals surface area (Å²) in [6, 6.07) is 7.39. The number of phenolic OH excluding ortho intramolecular Hbond substituents is 2. The van der Waals surface area contributed by atoms with E-state index in [4.69, 9.17) is 38.8 Å². The number of benzene rings is 4. The minimum Gasteiger partial charge on any atom is -0.507 e. The number of allylic oxidation sites excluding steroid dienone is 3. The molecule has 3 aromatic carbocycles. The van der Waals surface area contributed by atoms with Gasteiger partial charge in [0.15, 0.2) is 11.3 Å². The highest BCUT2D eigenvalue weighted by Gasteiger charge is 2.52. The Labute approximate surface area is 612 Å². The Morgan fingerprint density at radius 3 is 2.25 bits per heavy atom. The number of primary amides is 1. The van der Waals surface area contributed by atoms with E-state index < -0.39 is 99.7 Å². The second-order valence-corrected chi connectivity index (χ2v) is 28.6. The third kappa shape index (κ3) is 17.4. The van der Waals surface area contributed by atoms with Crippen molar-refractivity contribution in [3.8, 4) is 28.7 Å². The first-order valence-corrected chi connectivity index (χ1v) is 36.0. The van der Waals surface area contributed by atoms with Crippen LogP contribution in [0.25, 0.3) is 33.3 Å². The number of piperidine rings is 1. The average molecular weight is 1460 g/mol. The number of aromatic hydroxyl groups is 2. The molecule has 10 N–H and O–H groups in total. The predicted octanol–water partition coefficient (Wildman–Crippen LogP) is 8.86. The molecule has 9 amide bonds. The molecule has 1 saturated heterocycles. The van der Waals surface area contributed by atoms with Crippen molar-refractivity contribution in [3.63, 3.8) is 0 Å². The fourth-order valence-electron chi connectivity index (χ4n) is 14.5. The summed E-state index contributed by atoms with van der Waals surface area (Å²) < 4.78 is 36.5. The molecule has 1 saturated carbocycles. The fourth-order valence-corrected chi connectivity index (χ4v) is 14.5. The van der Waals surface area contributed by atoms with Crippen LogP contribution in [0.3, 0.4) is 0 Å². The third-order valence-corrected chi connectivity index (χ3v) is 20.6. The van der Waals surface area contributed by atoms with Crippen molar-refractivity contribution in [2.45, 2.75) is 169 Å². The quantitative estimate of drug-likeness (QED) is 0.00826. The van der Waals surface area contributed by atoms with E-state index in [2.05, 4.69) is 45.7 Å². The lowest BCUT2D eigenvalue weighted by atomic mass is 9.67. The molecule has 3 aromatic rings. The highest BCUT2D eigenvalue weighted by molar-refractivity contribution is 6.22. The summed E-state index contributed by atoms with van der Waals surface area (Å²) in [6.07, 6.45) is 14.3. The van der Waals surface area contributed by atoms with Gasteiger partial charge in [0.1, 0.15) is 58.3 Å². The number of anilines is 3. The fraction of sp³-hybridized carbons (Fsp3) is 0.481. The van der Waals surface area contributed by atoms with Gasteiger partial charge in [0, 0.05) is 118 Å². The first-order valence-electron chi connectivity index (χ1n) is 36.0. The second kappa shape index (κ2) is 33.5. The smallest absolute Gasteiger partial charge is 0.407 e. The number of carbonyl (C=O) groups excluding carboxylic acids is 10. The van der Waals surface area contributed by atoms with Gasteiger partial charge in [-0.1, -0.05) is 64.5 Å². The monoisotopic (exact) mass is 1460 g/mol. The van der Waals surface area contributed by atoms with Gasteiger partial charge in [0.2, 0.25) is 23.2 Å². The number of hydrogen-bond acceptors (Lipinski definition) is 21. The summed E-state index contributed by atoms with van der Waals surface area (Å²) in [6.45, 7) is 15.1. The van der Waals surface area contributed by atoms with E-state index in [9.17, 15) is 53.4 Å². The van der Waals surface area contributed by atoms with E-state index in [0.29, 0.717) is 75.0 Å². The maximum Gasteiger partial charge on any atom is 0.407 e. The van der Waals surface area contributed by atoms with Crippen molar-refractivity contribution < 1.29 is 86.3 Å². The molecular formula is C77H94N10O19. The summed E-state index contributed by atoms with van der Waals surface area (Å²) >= 11 is 0.